The molecule has 0 bridgehead atoms. The summed E-state index contributed by atoms with van der Waals surface area (Å²) in [5.41, 5.74) is 7.46. The van der Waals surface area contributed by atoms with E-state index in [4.69, 9.17) is 5.73 Å². The van der Waals surface area contributed by atoms with Crippen molar-refractivity contribution in [2.24, 2.45) is 5.10 Å². The number of carbonyl (C=O) groups excluding carboxylic acids is 1. The Morgan fingerprint density at radius 2 is 2.30 bits per heavy atom. The highest BCUT2D eigenvalue weighted by Crippen LogP contribution is 2.31. The van der Waals surface area contributed by atoms with Gasteiger partial charge in [0.25, 0.3) is 5.69 Å². The first-order chi connectivity index (χ1) is 10.9. The molecule has 0 aliphatic heterocycles. The number of phenols is 1. The monoisotopic (exact) mass is 400 g/mol. The van der Waals surface area contributed by atoms with Crippen LogP contribution in [0, 0.1) is 10.1 Å². The van der Waals surface area contributed by atoms with Crippen LogP contribution >= 0.6 is 27.3 Å². The number of anilines is 1. The van der Waals surface area contributed by atoms with Crippen molar-refractivity contribution >= 4 is 50.2 Å². The number of non-ortho nitro benzene ring substituents is 1. The molecule has 0 unspecified atom stereocenters. The Bertz CT molecular complexity index is 793. The molecule has 4 N–H and O–H groups in total. The van der Waals surface area contributed by atoms with E-state index in [1.54, 1.807) is 0 Å². The van der Waals surface area contributed by atoms with Gasteiger partial charge in [-0.05, 0) is 15.9 Å². The summed E-state index contributed by atoms with van der Waals surface area (Å²) in [4.78, 5) is 21.8. The largest absolute Gasteiger partial charge is 0.506 e. The Balaban J connectivity index is 2.05. The SMILES string of the molecule is Nc1nnc(CC(=O)N/N=C/c2cc([N+](=O)[O-])cc(Br)c2O)s1. The molecule has 0 saturated carbocycles. The molecule has 1 amide bonds. The van der Waals surface area contributed by atoms with Crippen molar-refractivity contribution in [2.45, 2.75) is 6.42 Å². The number of nitrogens with zero attached hydrogens (tertiary/aromatic N) is 4. The molecule has 1 aromatic heterocycles. The number of benzene rings is 1. The molecule has 0 aliphatic carbocycles. The van der Waals surface area contributed by atoms with E-state index >= 15 is 0 Å². The summed E-state index contributed by atoms with van der Waals surface area (Å²) in [6.45, 7) is 0. The van der Waals surface area contributed by atoms with Gasteiger partial charge < -0.3 is 10.8 Å². The van der Waals surface area contributed by atoms with Gasteiger partial charge in [-0.3, -0.25) is 14.9 Å². The number of carbonyl (C=O) groups is 1. The third-order valence-electron chi connectivity index (χ3n) is 2.48. The van der Waals surface area contributed by atoms with Crippen LogP contribution in [0.5, 0.6) is 5.75 Å². The highest BCUT2D eigenvalue weighted by Gasteiger charge is 2.14. The first-order valence-electron chi connectivity index (χ1n) is 5.93. The zero-order chi connectivity index (χ0) is 17.0. The lowest BCUT2D eigenvalue weighted by Crippen LogP contribution is -2.19. The highest BCUT2D eigenvalue weighted by atomic mass is 79.9. The van der Waals surface area contributed by atoms with E-state index in [0.29, 0.717) is 5.01 Å². The number of nitrogens with two attached hydrogens (primary N) is 1. The van der Waals surface area contributed by atoms with E-state index < -0.39 is 10.8 Å². The lowest BCUT2D eigenvalue weighted by molar-refractivity contribution is -0.385. The normalized spacial score (nSPS) is 10.8. The number of aromatic hydroxyl groups is 1. The van der Waals surface area contributed by atoms with Crippen molar-refractivity contribution in [3.05, 3.63) is 37.3 Å². The average molecular weight is 401 g/mol. The second-order valence-corrected chi connectivity index (χ2v) is 6.07. The molecule has 2 aromatic rings. The Kier molecular flexibility index (Phi) is 5.18. The van der Waals surface area contributed by atoms with E-state index in [2.05, 4.69) is 36.7 Å². The smallest absolute Gasteiger partial charge is 0.271 e. The van der Waals surface area contributed by atoms with Gasteiger partial charge in [-0.2, -0.15) is 5.10 Å². The van der Waals surface area contributed by atoms with E-state index in [-0.39, 0.29) is 33.0 Å². The van der Waals surface area contributed by atoms with E-state index in [1.807, 2.05) is 0 Å². The van der Waals surface area contributed by atoms with Gasteiger partial charge in [0.05, 0.1) is 22.0 Å². The number of hydrogen-bond acceptors (Lipinski definition) is 9. The van der Waals surface area contributed by atoms with Crippen LogP contribution in [0.2, 0.25) is 0 Å². The average Bonchev–Trinajstić information content (AvgIpc) is 2.88. The number of hydrogen-bond donors (Lipinski definition) is 3. The molecule has 23 heavy (non-hydrogen) atoms. The number of nitrogens with one attached hydrogen (secondary N) is 1. The van der Waals surface area contributed by atoms with Crippen molar-refractivity contribution in [1.82, 2.24) is 15.6 Å². The predicted molar refractivity (Wildman–Crippen MR) is 86.2 cm³/mol. The molecule has 0 fully saturated rings. The Labute approximate surface area is 141 Å². The number of aromatic nitrogens is 2. The number of nitrogen functional groups attached to an aromatic ring is 1. The summed E-state index contributed by atoms with van der Waals surface area (Å²) in [6.07, 6.45) is 1.04. The minimum Gasteiger partial charge on any atom is -0.506 e. The lowest BCUT2D eigenvalue weighted by Gasteiger charge is -2.02. The molecule has 10 nitrogen and oxygen atoms in total. The van der Waals surface area contributed by atoms with Crippen LogP contribution in [0.25, 0.3) is 0 Å². The molecule has 0 spiro atoms. The van der Waals surface area contributed by atoms with Crippen LogP contribution in [-0.4, -0.2) is 32.3 Å². The minimum atomic E-state index is -0.611. The molecule has 2 rings (SSSR count). The van der Waals surface area contributed by atoms with Crippen LogP contribution in [0.15, 0.2) is 21.7 Å². The number of halogens is 1. The van der Waals surface area contributed by atoms with Crippen LogP contribution < -0.4 is 11.2 Å². The van der Waals surface area contributed by atoms with Gasteiger partial charge in [-0.1, -0.05) is 11.3 Å². The van der Waals surface area contributed by atoms with Gasteiger partial charge in [0, 0.05) is 17.7 Å². The summed E-state index contributed by atoms with van der Waals surface area (Å²) in [5.74, 6) is -0.702. The Morgan fingerprint density at radius 3 is 2.91 bits per heavy atom. The van der Waals surface area contributed by atoms with E-state index in [1.165, 1.54) is 0 Å². The summed E-state index contributed by atoms with van der Waals surface area (Å²) in [5, 5.41) is 32.2. The fourth-order valence-corrected chi connectivity index (χ4v) is 2.57. The molecular formula is C11H9BrN6O4S. The number of nitro groups is 1. The maximum atomic E-state index is 11.6. The number of hydrazone groups is 1. The molecule has 0 radical (unpaired) electrons. The maximum Gasteiger partial charge on any atom is 0.271 e. The van der Waals surface area contributed by atoms with Crippen molar-refractivity contribution in [3.63, 3.8) is 0 Å². The van der Waals surface area contributed by atoms with Crippen LogP contribution in [0.3, 0.4) is 0 Å². The Hall–Kier alpha value is -2.60. The van der Waals surface area contributed by atoms with Crippen molar-refractivity contribution in [3.8, 4) is 5.75 Å². The first-order valence-corrected chi connectivity index (χ1v) is 7.54. The fourth-order valence-electron chi connectivity index (χ4n) is 1.50. The molecule has 1 heterocycles. The Morgan fingerprint density at radius 1 is 1.57 bits per heavy atom. The quantitative estimate of drug-likeness (QED) is 0.386. The summed E-state index contributed by atoms with van der Waals surface area (Å²) in [6, 6.07) is 2.28. The highest BCUT2D eigenvalue weighted by molar-refractivity contribution is 9.10. The van der Waals surface area contributed by atoms with Gasteiger partial charge in [0.2, 0.25) is 11.0 Å². The van der Waals surface area contributed by atoms with Gasteiger partial charge in [0.1, 0.15) is 10.8 Å². The van der Waals surface area contributed by atoms with Crippen LogP contribution in [0.4, 0.5) is 10.8 Å². The van der Waals surface area contributed by atoms with Crippen molar-refractivity contribution in [1.29, 1.82) is 0 Å². The zero-order valence-electron chi connectivity index (χ0n) is 11.3. The van der Waals surface area contributed by atoms with Crippen LogP contribution in [-0.2, 0) is 11.2 Å². The summed E-state index contributed by atoms with van der Waals surface area (Å²) in [7, 11) is 0. The second-order valence-electron chi connectivity index (χ2n) is 4.13. The third-order valence-corrected chi connectivity index (χ3v) is 3.83. The second kappa shape index (κ2) is 7.11. The van der Waals surface area contributed by atoms with E-state index in [9.17, 15) is 20.0 Å². The molecule has 120 valence electrons. The zero-order valence-corrected chi connectivity index (χ0v) is 13.7. The van der Waals surface area contributed by atoms with Crippen molar-refractivity contribution in [2.75, 3.05) is 5.73 Å². The lowest BCUT2D eigenvalue weighted by atomic mass is 10.2. The third kappa shape index (κ3) is 4.43. The number of phenolic OH excluding ortho intramolecular Hbond substituents is 1. The maximum absolute atomic E-state index is 11.6. The van der Waals surface area contributed by atoms with Gasteiger partial charge in [0.15, 0.2) is 0 Å². The molecule has 0 saturated heterocycles. The minimum absolute atomic E-state index is 0.0587. The first kappa shape index (κ1) is 16.8. The van der Waals surface area contributed by atoms with E-state index in [0.717, 1.165) is 29.7 Å². The molecule has 1 aromatic carbocycles. The molecule has 0 aliphatic rings. The summed E-state index contributed by atoms with van der Waals surface area (Å²) >= 11 is 4.08. The van der Waals surface area contributed by atoms with Gasteiger partial charge in [-0.25, -0.2) is 5.43 Å². The van der Waals surface area contributed by atoms with Gasteiger partial charge in [-0.15, -0.1) is 10.2 Å². The van der Waals surface area contributed by atoms with Gasteiger partial charge >= 0.3 is 0 Å². The molecular weight excluding hydrogens is 392 g/mol. The number of nitro benzene ring substituents is 1. The molecule has 12 heteroatoms. The number of rotatable bonds is 5. The number of amides is 1. The molecule has 0 atom stereocenters. The van der Waals surface area contributed by atoms with Crippen LogP contribution in [0.1, 0.15) is 10.6 Å². The summed E-state index contributed by atoms with van der Waals surface area (Å²) < 4.78 is 0.142. The topological polar surface area (TPSA) is 157 Å². The predicted octanol–water partition coefficient (Wildman–Crippen LogP) is 1.19. The fraction of sp³-hybridized carbons (Fsp3) is 0.0909. The van der Waals surface area contributed by atoms with Crippen molar-refractivity contribution < 1.29 is 14.8 Å². The standard InChI is InChI=1S/C11H9BrN6O4S/c12-7-2-6(18(21)22)1-5(10(7)20)4-14-15-8(19)3-9-16-17-11(13)23-9/h1-2,4,20H,3H2,(H2,13,17)(H,15,19)/b14-4+.